The topological polar surface area (TPSA) is 24.1 Å². The third kappa shape index (κ3) is 9.77. The first-order valence-electron chi connectivity index (χ1n) is 8.63. The van der Waals surface area contributed by atoms with Gasteiger partial charge < -0.3 is 10.6 Å². The Bertz CT molecular complexity index is 468. The first-order chi connectivity index (χ1) is 11.1. The Morgan fingerprint density at radius 2 is 1.65 bits per heavy atom. The summed E-state index contributed by atoms with van der Waals surface area (Å²) in [7, 11) is 0. The highest BCUT2D eigenvalue weighted by molar-refractivity contribution is 7.80. The van der Waals surface area contributed by atoms with Crippen LogP contribution in [0.25, 0.3) is 0 Å². The second kappa shape index (κ2) is 12.5. The Balaban J connectivity index is 2.01. The van der Waals surface area contributed by atoms with Gasteiger partial charge in [0.1, 0.15) is 5.82 Å². The monoisotopic (exact) mass is 358 g/mol. The van der Waals surface area contributed by atoms with Gasteiger partial charge in [0.15, 0.2) is 5.11 Å². The highest BCUT2D eigenvalue weighted by Gasteiger charge is 2.02. The van der Waals surface area contributed by atoms with Crippen molar-refractivity contribution < 1.29 is 4.39 Å². The molecule has 0 saturated heterocycles. The molecule has 0 aliphatic carbocycles. The van der Waals surface area contributed by atoms with Gasteiger partial charge in [-0.1, -0.05) is 69.9 Å². The molecule has 0 atom stereocenters. The second-order valence-electron chi connectivity index (χ2n) is 5.84. The van der Waals surface area contributed by atoms with Crippen LogP contribution >= 0.6 is 23.8 Å². The average Bonchev–Trinajstić information content (AvgIpc) is 2.53. The van der Waals surface area contributed by atoms with E-state index in [-0.39, 0.29) is 5.02 Å². The van der Waals surface area contributed by atoms with Crippen LogP contribution in [0.2, 0.25) is 5.02 Å². The van der Waals surface area contributed by atoms with Crippen molar-refractivity contribution in [3.8, 4) is 0 Å². The molecule has 0 aliphatic heterocycles. The summed E-state index contributed by atoms with van der Waals surface area (Å²) in [5, 5.41) is 6.82. The van der Waals surface area contributed by atoms with Crippen LogP contribution in [0.15, 0.2) is 18.2 Å². The van der Waals surface area contributed by atoms with Gasteiger partial charge >= 0.3 is 0 Å². The minimum atomic E-state index is -0.425. The SMILES string of the molecule is CCCCCCCCCCCNC(=S)Nc1ccc(F)c(Cl)c1. The third-order valence-corrected chi connectivity index (χ3v) is 4.28. The predicted octanol–water partition coefficient (Wildman–Crippen LogP) is 6.30. The Morgan fingerprint density at radius 3 is 2.26 bits per heavy atom. The van der Waals surface area contributed by atoms with Crippen molar-refractivity contribution in [1.82, 2.24) is 5.32 Å². The summed E-state index contributed by atoms with van der Waals surface area (Å²) in [4.78, 5) is 0. The van der Waals surface area contributed by atoms with Crippen molar-refractivity contribution in [2.24, 2.45) is 0 Å². The van der Waals surface area contributed by atoms with Crippen molar-refractivity contribution in [2.45, 2.75) is 64.7 Å². The quantitative estimate of drug-likeness (QED) is 0.358. The number of thiocarbonyl (C=S) groups is 1. The third-order valence-electron chi connectivity index (χ3n) is 3.74. The average molecular weight is 359 g/mol. The van der Waals surface area contributed by atoms with Crippen LogP contribution in [0.4, 0.5) is 10.1 Å². The van der Waals surface area contributed by atoms with Crippen LogP contribution in [-0.4, -0.2) is 11.7 Å². The van der Waals surface area contributed by atoms with E-state index in [0.717, 1.165) is 13.0 Å². The highest BCUT2D eigenvalue weighted by atomic mass is 35.5. The Labute approximate surface area is 150 Å². The lowest BCUT2D eigenvalue weighted by Gasteiger charge is -2.11. The fourth-order valence-electron chi connectivity index (χ4n) is 2.39. The van der Waals surface area contributed by atoms with Crippen molar-refractivity contribution >= 4 is 34.6 Å². The van der Waals surface area contributed by atoms with E-state index >= 15 is 0 Å². The lowest BCUT2D eigenvalue weighted by Crippen LogP contribution is -2.29. The largest absolute Gasteiger partial charge is 0.362 e. The summed E-state index contributed by atoms with van der Waals surface area (Å²) in [6, 6.07) is 4.48. The molecule has 1 rings (SSSR count). The van der Waals surface area contributed by atoms with Gasteiger partial charge in [-0.15, -0.1) is 0 Å². The van der Waals surface area contributed by atoms with Crippen molar-refractivity contribution in [1.29, 1.82) is 0 Å². The maximum absolute atomic E-state index is 13.1. The van der Waals surface area contributed by atoms with Gasteiger partial charge in [0.25, 0.3) is 0 Å². The standard InChI is InChI=1S/C18H28ClFN2S/c1-2-3-4-5-6-7-8-9-10-13-21-18(23)22-15-11-12-17(20)16(19)14-15/h11-12,14H,2-10,13H2,1H3,(H2,21,22,23). The van der Waals surface area contributed by atoms with E-state index in [9.17, 15) is 4.39 Å². The van der Waals surface area contributed by atoms with Crippen molar-refractivity contribution in [2.75, 3.05) is 11.9 Å². The summed E-state index contributed by atoms with van der Waals surface area (Å²) >= 11 is 10.9. The Hall–Kier alpha value is -0.870. The number of benzene rings is 1. The summed E-state index contributed by atoms with van der Waals surface area (Å²) in [6.07, 6.45) is 11.8. The molecule has 0 radical (unpaired) electrons. The van der Waals surface area contributed by atoms with E-state index in [2.05, 4.69) is 17.6 Å². The van der Waals surface area contributed by atoms with Crippen LogP contribution in [0.5, 0.6) is 0 Å². The number of rotatable bonds is 11. The van der Waals surface area contributed by atoms with E-state index in [1.807, 2.05) is 0 Å². The lowest BCUT2D eigenvalue weighted by molar-refractivity contribution is 0.563. The maximum atomic E-state index is 13.1. The molecule has 130 valence electrons. The molecule has 5 heteroatoms. The zero-order valence-electron chi connectivity index (χ0n) is 14.0. The van der Waals surface area contributed by atoms with Gasteiger partial charge in [-0.25, -0.2) is 4.39 Å². The van der Waals surface area contributed by atoms with Gasteiger partial charge in [0, 0.05) is 12.2 Å². The highest BCUT2D eigenvalue weighted by Crippen LogP contribution is 2.19. The zero-order chi connectivity index (χ0) is 16.9. The Kier molecular flexibility index (Phi) is 11.0. The summed E-state index contributed by atoms with van der Waals surface area (Å²) in [6.45, 7) is 3.10. The summed E-state index contributed by atoms with van der Waals surface area (Å²) in [5.74, 6) is -0.425. The maximum Gasteiger partial charge on any atom is 0.170 e. The van der Waals surface area contributed by atoms with E-state index in [1.165, 1.54) is 63.5 Å². The van der Waals surface area contributed by atoms with Gasteiger partial charge in [0.2, 0.25) is 0 Å². The molecular weight excluding hydrogens is 331 g/mol. The Morgan fingerprint density at radius 1 is 1.04 bits per heavy atom. The van der Waals surface area contributed by atoms with Gasteiger partial charge in [-0.3, -0.25) is 0 Å². The van der Waals surface area contributed by atoms with Crippen LogP contribution in [0, 0.1) is 5.82 Å². The number of hydrogen-bond donors (Lipinski definition) is 2. The number of nitrogens with one attached hydrogen (secondary N) is 2. The molecular formula is C18H28ClFN2S. The van der Waals surface area contributed by atoms with Gasteiger partial charge in [-0.2, -0.15) is 0 Å². The molecule has 0 saturated carbocycles. The van der Waals surface area contributed by atoms with Crippen LogP contribution in [0.3, 0.4) is 0 Å². The van der Waals surface area contributed by atoms with Crippen molar-refractivity contribution in [3.63, 3.8) is 0 Å². The zero-order valence-corrected chi connectivity index (χ0v) is 15.5. The molecule has 0 bridgehead atoms. The number of hydrogen-bond acceptors (Lipinski definition) is 1. The molecule has 23 heavy (non-hydrogen) atoms. The fourth-order valence-corrected chi connectivity index (χ4v) is 2.79. The molecule has 2 nitrogen and oxygen atoms in total. The van der Waals surface area contributed by atoms with Crippen molar-refractivity contribution in [3.05, 3.63) is 29.0 Å². The summed E-state index contributed by atoms with van der Waals surface area (Å²) < 4.78 is 13.1. The van der Waals surface area contributed by atoms with Crippen LogP contribution in [0.1, 0.15) is 64.7 Å². The number of anilines is 1. The molecule has 0 unspecified atom stereocenters. The molecule has 0 spiro atoms. The molecule has 0 aromatic heterocycles. The first kappa shape index (κ1) is 20.2. The predicted molar refractivity (Wildman–Crippen MR) is 103 cm³/mol. The summed E-state index contributed by atoms with van der Waals surface area (Å²) in [5.41, 5.74) is 0.695. The second-order valence-corrected chi connectivity index (χ2v) is 6.65. The van der Waals surface area contributed by atoms with Crippen LogP contribution < -0.4 is 10.6 Å². The van der Waals surface area contributed by atoms with Gasteiger partial charge in [0.05, 0.1) is 5.02 Å². The normalized spacial score (nSPS) is 10.6. The lowest BCUT2D eigenvalue weighted by atomic mass is 10.1. The molecule has 0 fully saturated rings. The molecule has 0 heterocycles. The fraction of sp³-hybridized carbons (Fsp3) is 0.611. The molecule has 2 N–H and O–H groups in total. The number of unbranched alkanes of at least 4 members (excludes halogenated alkanes) is 8. The minimum Gasteiger partial charge on any atom is -0.362 e. The number of halogens is 2. The van der Waals surface area contributed by atoms with Gasteiger partial charge in [-0.05, 0) is 36.8 Å². The smallest absolute Gasteiger partial charge is 0.170 e. The van der Waals surface area contributed by atoms with E-state index in [4.69, 9.17) is 23.8 Å². The molecule has 1 aromatic carbocycles. The van der Waals surface area contributed by atoms with E-state index in [1.54, 1.807) is 6.07 Å². The molecule has 1 aromatic rings. The van der Waals surface area contributed by atoms with E-state index in [0.29, 0.717) is 10.8 Å². The first-order valence-corrected chi connectivity index (χ1v) is 9.42. The minimum absolute atomic E-state index is 0.0942. The van der Waals surface area contributed by atoms with E-state index < -0.39 is 5.82 Å². The molecule has 0 amide bonds. The molecule has 0 aliphatic rings. The van der Waals surface area contributed by atoms with Crippen LogP contribution in [-0.2, 0) is 0 Å².